The molecule has 26 nitrogen and oxygen atoms in total. The SMILES string of the molecule is CC[C@@]1(O)C(=O)OCc2c1cc1n(c2=O)Cc2c-1nc1ccc(NC(=O)[C@H](C)NC(=O)[C@@H](NC(=O)CCOCCOCCOCCOCCOCCOCCOCCOCCNC(=O)CCN3C(=O)C=CC3=O)C(C)C)c3c1c2C=CO3. The average Bonchev–Trinajstić information content (AvgIpc) is 1.91. The van der Waals surface area contributed by atoms with E-state index in [0.717, 1.165) is 16.0 Å². The van der Waals surface area contributed by atoms with Crippen molar-refractivity contribution in [2.75, 3.05) is 124 Å². The summed E-state index contributed by atoms with van der Waals surface area (Å²) in [6, 6.07) is 3.02. The van der Waals surface area contributed by atoms with Gasteiger partial charge in [-0.05, 0) is 49.1 Å². The van der Waals surface area contributed by atoms with Crippen LogP contribution in [0, 0.1) is 5.92 Å². The number of hydrogen-bond acceptors (Lipinski definition) is 20. The highest BCUT2D eigenvalue weighted by molar-refractivity contribution is 6.13. The van der Waals surface area contributed by atoms with Gasteiger partial charge in [-0.25, -0.2) is 9.78 Å². The van der Waals surface area contributed by atoms with Gasteiger partial charge in [-0.2, -0.15) is 0 Å². The van der Waals surface area contributed by atoms with Crippen molar-refractivity contribution in [2.45, 2.75) is 77.8 Å². The Morgan fingerprint density at radius 1 is 0.707 bits per heavy atom. The van der Waals surface area contributed by atoms with Crippen molar-refractivity contribution in [2.24, 2.45) is 5.92 Å². The van der Waals surface area contributed by atoms with Crippen LogP contribution < -0.4 is 31.6 Å². The summed E-state index contributed by atoms with van der Waals surface area (Å²) in [6.07, 6.45) is 5.63. The zero-order chi connectivity index (χ0) is 58.6. The number of hydrogen-bond donors (Lipinski definition) is 5. The standard InChI is InChI=1S/C56H73N7O19/c1-5-56(72)40-32-43-50-38(33-63(43)54(70)39(40)34-82-55(56)71)37-11-16-81-51-42(7-6-41(59-50)48(37)51)60-52(68)36(4)58-53(69)49(35(2)3)61-45(65)12-15-73-18-20-75-22-24-77-26-28-79-30-31-80-29-27-78-25-23-76-21-19-74-17-13-57-44(64)10-14-62-46(66)8-9-47(62)67/h6-9,11,16,32,35-36,49,72H,5,10,12-15,17-31,33-34H2,1-4H3,(H,57,64)(H,58,69)(H,60,68)(H,61,65)/t36-,49-,56-/m0/s1. The van der Waals surface area contributed by atoms with Crippen LogP contribution >= 0.6 is 0 Å². The minimum atomic E-state index is -1.96. The molecular formula is C56H73N7O19. The molecule has 3 atom stereocenters. The number of carbonyl (C=O) groups is 7. The molecule has 3 aromatic rings. The quantitative estimate of drug-likeness (QED) is 0.0239. The number of pyridine rings is 2. The minimum absolute atomic E-state index is 0.00340. The average molecular weight is 1150 g/mol. The first-order valence-corrected chi connectivity index (χ1v) is 27.5. The first kappa shape index (κ1) is 62.6. The van der Waals surface area contributed by atoms with E-state index in [2.05, 4.69) is 21.3 Å². The van der Waals surface area contributed by atoms with Gasteiger partial charge in [0.05, 0.1) is 152 Å². The molecule has 0 saturated heterocycles. The molecule has 0 fully saturated rings. The van der Waals surface area contributed by atoms with Gasteiger partial charge in [-0.1, -0.05) is 20.8 Å². The number of carbonyl (C=O) groups excluding carboxylic acids is 7. The van der Waals surface area contributed by atoms with Gasteiger partial charge in [-0.3, -0.25) is 38.5 Å². The van der Waals surface area contributed by atoms with Crippen LogP contribution in [0.3, 0.4) is 0 Å². The van der Waals surface area contributed by atoms with Crippen LogP contribution in [0.4, 0.5) is 5.69 Å². The summed E-state index contributed by atoms with van der Waals surface area (Å²) in [5.41, 5.74) is 1.32. The first-order valence-electron chi connectivity index (χ1n) is 27.5. The van der Waals surface area contributed by atoms with E-state index in [1.54, 1.807) is 49.6 Å². The summed E-state index contributed by atoms with van der Waals surface area (Å²) in [5, 5.41) is 22.9. The van der Waals surface area contributed by atoms with E-state index < -0.39 is 53.2 Å². The lowest BCUT2D eigenvalue weighted by Gasteiger charge is -2.31. The van der Waals surface area contributed by atoms with E-state index in [-0.39, 0.29) is 87.3 Å². The maximum absolute atomic E-state index is 13.8. The van der Waals surface area contributed by atoms with Crippen LogP contribution in [0.15, 0.2) is 41.4 Å². The predicted octanol–water partition coefficient (Wildman–Crippen LogP) is 0.981. The number of anilines is 1. The lowest BCUT2D eigenvalue weighted by atomic mass is 9.86. The number of aromatic nitrogens is 2. The first-order chi connectivity index (χ1) is 39.6. The number of rotatable bonds is 37. The summed E-state index contributed by atoms with van der Waals surface area (Å²) < 4.78 is 56.7. The number of cyclic esters (lactones) is 1. The highest BCUT2D eigenvalue weighted by atomic mass is 16.6. The van der Waals surface area contributed by atoms with Crippen LogP contribution in [-0.2, 0) is 94.9 Å². The Balaban J connectivity index is 0.676. The Kier molecular flexibility index (Phi) is 23.6. The Morgan fingerprint density at radius 3 is 1.85 bits per heavy atom. The van der Waals surface area contributed by atoms with Gasteiger partial charge in [0.2, 0.25) is 23.6 Å². The number of aliphatic hydroxyl groups is 1. The fourth-order valence-corrected chi connectivity index (χ4v) is 9.16. The fraction of sp³-hybridized carbons (Fsp3) is 0.554. The van der Waals surface area contributed by atoms with Crippen LogP contribution in [-0.4, -0.2) is 192 Å². The Bertz CT molecular complexity index is 2890. The normalized spacial score (nSPS) is 16.4. The predicted molar refractivity (Wildman–Crippen MR) is 292 cm³/mol. The van der Waals surface area contributed by atoms with Gasteiger partial charge in [-0.15, -0.1) is 0 Å². The molecule has 0 radical (unpaired) electrons. The van der Waals surface area contributed by atoms with Gasteiger partial charge in [0.25, 0.3) is 17.4 Å². The van der Waals surface area contributed by atoms with E-state index in [9.17, 15) is 43.5 Å². The topological polar surface area (TPSA) is 318 Å². The van der Waals surface area contributed by atoms with E-state index >= 15 is 0 Å². The van der Waals surface area contributed by atoms with Crippen molar-refractivity contribution >= 4 is 64.1 Å². The highest BCUT2D eigenvalue weighted by Gasteiger charge is 2.46. The summed E-state index contributed by atoms with van der Waals surface area (Å²) in [4.78, 5) is 107. The summed E-state index contributed by atoms with van der Waals surface area (Å²) >= 11 is 0. The molecule has 82 heavy (non-hydrogen) atoms. The smallest absolute Gasteiger partial charge is 0.343 e. The largest absolute Gasteiger partial charge is 0.462 e. The van der Waals surface area contributed by atoms with Crippen molar-refractivity contribution in [1.29, 1.82) is 0 Å². The molecule has 1 aromatic carbocycles. The van der Waals surface area contributed by atoms with Crippen LogP contribution in [0.1, 0.15) is 69.2 Å². The maximum atomic E-state index is 13.8. The number of nitrogens with zero attached hydrogens (tertiary/aromatic N) is 3. The molecule has 6 heterocycles. The molecule has 4 aliphatic rings. The lowest BCUT2D eigenvalue weighted by Crippen LogP contribution is -2.53. The van der Waals surface area contributed by atoms with E-state index in [4.69, 9.17) is 52.4 Å². The molecule has 26 heteroatoms. The lowest BCUT2D eigenvalue weighted by molar-refractivity contribution is -0.172. The van der Waals surface area contributed by atoms with Crippen molar-refractivity contribution in [3.63, 3.8) is 0 Å². The van der Waals surface area contributed by atoms with Crippen molar-refractivity contribution in [3.8, 4) is 17.1 Å². The van der Waals surface area contributed by atoms with E-state index in [1.807, 2.05) is 0 Å². The molecule has 0 bridgehead atoms. The molecule has 5 N–H and O–H groups in total. The molecule has 0 aliphatic carbocycles. The van der Waals surface area contributed by atoms with Crippen molar-refractivity contribution < 1.29 is 86.0 Å². The van der Waals surface area contributed by atoms with Gasteiger partial charge in [0.1, 0.15) is 18.7 Å². The number of ether oxygens (including phenoxy) is 10. The Labute approximate surface area is 473 Å². The summed E-state index contributed by atoms with van der Waals surface area (Å²) in [7, 11) is 0. The van der Waals surface area contributed by atoms with Crippen LogP contribution in [0.2, 0.25) is 0 Å². The second kappa shape index (κ2) is 30.9. The molecule has 0 unspecified atom stereocenters. The number of amides is 6. The number of benzene rings is 1. The maximum Gasteiger partial charge on any atom is 0.343 e. The van der Waals surface area contributed by atoms with Gasteiger partial charge < -0.3 is 78.3 Å². The van der Waals surface area contributed by atoms with Crippen molar-refractivity contribution in [3.05, 3.63) is 69.2 Å². The second-order valence-corrected chi connectivity index (χ2v) is 19.6. The van der Waals surface area contributed by atoms with Gasteiger partial charge in [0, 0.05) is 49.2 Å². The van der Waals surface area contributed by atoms with E-state index in [0.29, 0.717) is 126 Å². The monoisotopic (exact) mass is 1150 g/mol. The Hall–Kier alpha value is -7.01. The number of nitrogens with one attached hydrogen (secondary N) is 4. The number of fused-ring (bicyclic) bond motifs is 5. The molecule has 2 aromatic heterocycles. The highest BCUT2D eigenvalue weighted by Crippen LogP contribution is 2.45. The third kappa shape index (κ3) is 16.4. The zero-order valence-corrected chi connectivity index (χ0v) is 46.7. The fourth-order valence-electron chi connectivity index (χ4n) is 9.16. The zero-order valence-electron chi connectivity index (χ0n) is 46.7. The molecule has 4 aliphatic heterocycles. The minimum Gasteiger partial charge on any atom is -0.462 e. The van der Waals surface area contributed by atoms with E-state index in [1.165, 1.54) is 25.3 Å². The molecule has 7 rings (SSSR count). The number of imide groups is 1. The second-order valence-electron chi connectivity index (χ2n) is 19.6. The molecular weight excluding hydrogens is 1070 g/mol. The summed E-state index contributed by atoms with van der Waals surface area (Å²) in [5.74, 6) is -3.39. The molecule has 0 saturated carbocycles. The molecule has 446 valence electrons. The number of esters is 1. The van der Waals surface area contributed by atoms with Crippen molar-refractivity contribution in [1.82, 2.24) is 30.4 Å². The van der Waals surface area contributed by atoms with Gasteiger partial charge >= 0.3 is 5.97 Å². The third-order valence-corrected chi connectivity index (χ3v) is 13.7. The Morgan fingerprint density at radius 2 is 1.28 bits per heavy atom. The molecule has 6 amide bonds. The molecule has 0 spiro atoms. The van der Waals surface area contributed by atoms with Gasteiger partial charge in [0.15, 0.2) is 11.4 Å². The third-order valence-electron chi connectivity index (χ3n) is 13.7. The summed E-state index contributed by atoms with van der Waals surface area (Å²) in [6.45, 7) is 12.6. The van der Waals surface area contributed by atoms with Crippen LogP contribution in [0.25, 0.3) is 28.4 Å². The van der Waals surface area contributed by atoms with Crippen LogP contribution in [0.5, 0.6) is 5.75 Å².